The molecule has 1 aliphatic rings. The lowest BCUT2D eigenvalue weighted by atomic mass is 9.96. The first kappa shape index (κ1) is 20.8. The summed E-state index contributed by atoms with van der Waals surface area (Å²) in [5.41, 5.74) is -7.04. The molecule has 1 aromatic heterocycles. The number of aromatic nitrogens is 1. The van der Waals surface area contributed by atoms with Crippen LogP contribution in [0.3, 0.4) is 0 Å². The van der Waals surface area contributed by atoms with Gasteiger partial charge < -0.3 is 19.1 Å². The fraction of sp³-hybridized carbons (Fsp3) is 0.317. The largest absolute Gasteiger partial charge is 0.416 e. The second kappa shape index (κ2) is 16.7. The van der Waals surface area contributed by atoms with E-state index in [1.54, 1.807) is 0 Å². The lowest BCUT2D eigenvalue weighted by Crippen LogP contribution is -2.49. The minimum absolute atomic E-state index is 0.127. The van der Waals surface area contributed by atoms with E-state index in [0.29, 0.717) is 19.1 Å². The highest BCUT2D eigenvalue weighted by atomic mass is 32.2. The number of methoxy groups -OCH3 is 1. The lowest BCUT2D eigenvalue weighted by Gasteiger charge is -2.42. The van der Waals surface area contributed by atoms with Gasteiger partial charge in [-0.15, -0.1) is 11.8 Å². The normalized spacial score (nSPS) is 26.1. The van der Waals surface area contributed by atoms with Crippen LogP contribution in [0.4, 0.5) is 22.0 Å². The number of nitrogens with zero attached hydrogens (tertiary/aromatic N) is 3. The van der Waals surface area contributed by atoms with Crippen LogP contribution in [0.25, 0.3) is 22.0 Å². The second-order valence-corrected chi connectivity index (χ2v) is 12.0. The molecule has 0 bridgehead atoms. The number of benzene rings is 4. The minimum Gasteiger partial charge on any atom is -0.383 e. The maximum absolute atomic E-state index is 15.7. The summed E-state index contributed by atoms with van der Waals surface area (Å²) in [7, 11) is -3.60. The van der Waals surface area contributed by atoms with E-state index in [-0.39, 0.29) is 27.5 Å². The standard InChI is InChI=1S/C41H40F5N3O3S/c1-27(28-10-12-29(13-11-28)30-14-16-32(17-15-30)41(44,45)46)49(33-18-20-47(21-19-33)22-23-52-2)38(51)25-48-36-9-4-3-7-34(36)37(50)24-39(48)53-26-31-6-5-8-35(42)40(31)43/h3-17,24,27,33H,18-23,25-26H2,1-2H3/i2D3,18D2,19D2,20D2,21D2,23D2,25D2,26D2,27D,33D. The highest BCUT2D eigenvalue weighted by molar-refractivity contribution is 7.98. The van der Waals surface area contributed by atoms with Gasteiger partial charge in [0.05, 0.1) is 41.0 Å². The van der Waals surface area contributed by atoms with Crippen molar-refractivity contribution in [1.82, 2.24) is 14.4 Å². The number of hydrogen-bond acceptors (Lipinski definition) is 5. The van der Waals surface area contributed by atoms with Crippen LogP contribution in [0.5, 0.6) is 0 Å². The van der Waals surface area contributed by atoms with Crippen molar-refractivity contribution >= 4 is 28.6 Å². The Morgan fingerprint density at radius 1 is 1.04 bits per heavy atom. The summed E-state index contributed by atoms with van der Waals surface area (Å²) in [5.74, 6) is -5.62. The number of likely N-dealkylation sites (tertiary alicyclic amines) is 1. The average Bonchev–Trinajstić information content (AvgIpc) is 3.24. The zero-order chi connectivity index (χ0) is 54.6. The van der Waals surface area contributed by atoms with Crippen molar-refractivity contribution in [3.63, 3.8) is 0 Å². The van der Waals surface area contributed by atoms with Gasteiger partial charge >= 0.3 is 6.18 Å². The monoisotopic (exact) mass is 768 g/mol. The summed E-state index contributed by atoms with van der Waals surface area (Å²) < 4.78 is 243. The number of hydrogen-bond donors (Lipinski definition) is 0. The fourth-order valence-electron chi connectivity index (χ4n) is 5.17. The zero-order valence-electron chi connectivity index (χ0n) is 46.3. The number of ether oxygens (including phenoxy) is 1. The van der Waals surface area contributed by atoms with Crippen LogP contribution in [0, 0.1) is 11.6 Å². The molecule has 1 amide bonds. The maximum Gasteiger partial charge on any atom is 0.416 e. The molecule has 6 nitrogen and oxygen atoms in total. The van der Waals surface area contributed by atoms with Gasteiger partial charge in [-0.05, 0) is 66.7 Å². The van der Waals surface area contributed by atoms with Crippen molar-refractivity contribution in [2.45, 2.75) is 55.1 Å². The first-order valence-corrected chi connectivity index (χ1v) is 16.2. The Morgan fingerprint density at radius 2 is 1.72 bits per heavy atom. The molecule has 12 heteroatoms. The second-order valence-electron chi connectivity index (χ2n) is 11.1. The van der Waals surface area contributed by atoms with E-state index in [9.17, 15) is 33.3 Å². The minimum atomic E-state index is -4.72. The number of carbonyl (C=O) groups excluding carboxylic acids is 1. The van der Waals surface area contributed by atoms with Gasteiger partial charge in [0.25, 0.3) is 0 Å². The number of para-hydroxylation sites is 1. The molecule has 1 aliphatic heterocycles. The molecule has 53 heavy (non-hydrogen) atoms. The maximum atomic E-state index is 15.7. The third kappa shape index (κ3) is 8.83. The topological polar surface area (TPSA) is 54.8 Å². The van der Waals surface area contributed by atoms with Crippen molar-refractivity contribution in [2.24, 2.45) is 0 Å². The van der Waals surface area contributed by atoms with Crippen LogP contribution >= 0.6 is 11.8 Å². The molecule has 6 rings (SSSR count). The summed E-state index contributed by atoms with van der Waals surface area (Å²) in [5, 5.41) is -1.31. The Bertz CT molecular complexity index is 2930. The Labute approximate surface area is 335 Å². The summed E-state index contributed by atoms with van der Waals surface area (Å²) >= 11 is -0.157. The number of amides is 1. The molecule has 0 spiro atoms. The Kier molecular flexibility index (Phi) is 6.54. The molecule has 0 radical (unpaired) electrons. The molecule has 1 fully saturated rings. The van der Waals surface area contributed by atoms with Gasteiger partial charge in [0.2, 0.25) is 5.91 Å². The van der Waals surface area contributed by atoms with Gasteiger partial charge in [0.1, 0.15) is 6.50 Å². The summed E-state index contributed by atoms with van der Waals surface area (Å²) in [6, 6.07) is 7.56. The highest BCUT2D eigenvalue weighted by Gasteiger charge is 2.33. The van der Waals surface area contributed by atoms with Crippen molar-refractivity contribution in [3.05, 3.63) is 136 Å². The molecule has 0 aliphatic carbocycles. The van der Waals surface area contributed by atoms with Crippen LogP contribution < -0.4 is 5.43 Å². The third-order valence-electron chi connectivity index (χ3n) is 7.83. The molecule has 5 aromatic rings. The van der Waals surface area contributed by atoms with Gasteiger partial charge in [0.15, 0.2) is 17.1 Å². The molecule has 4 aromatic carbocycles. The van der Waals surface area contributed by atoms with Gasteiger partial charge in [-0.25, -0.2) is 8.78 Å². The lowest BCUT2D eigenvalue weighted by molar-refractivity contribution is -0.138. The van der Waals surface area contributed by atoms with Crippen LogP contribution in [-0.2, 0) is 27.9 Å². The molecule has 1 atom stereocenters. The molecule has 0 saturated carbocycles. The first-order chi connectivity index (χ1) is 32.5. The summed E-state index contributed by atoms with van der Waals surface area (Å²) in [4.78, 5) is 28.4. The molecular weight excluding hydrogens is 710 g/mol. The number of piperidine rings is 1. The summed E-state index contributed by atoms with van der Waals surface area (Å²) in [6.45, 7) is -17.5. The average molecular weight is 769 g/mol. The van der Waals surface area contributed by atoms with E-state index in [1.165, 1.54) is 12.1 Å². The Morgan fingerprint density at radius 3 is 2.40 bits per heavy atom. The van der Waals surface area contributed by atoms with Gasteiger partial charge in [-0.2, -0.15) is 13.2 Å². The molecule has 1 unspecified atom stereocenters. The predicted molar refractivity (Wildman–Crippen MR) is 198 cm³/mol. The van der Waals surface area contributed by atoms with Crippen LogP contribution in [0.1, 0.15) is 68.4 Å². The van der Waals surface area contributed by atoms with Crippen LogP contribution in [0.2, 0.25) is 0 Å². The van der Waals surface area contributed by atoms with E-state index < -0.39 is 142 Å². The number of rotatable bonds is 12. The quantitative estimate of drug-likeness (QED) is 0.0938. The first-order valence-electron chi connectivity index (χ1n) is 24.9. The van der Waals surface area contributed by atoms with Crippen LogP contribution in [0.15, 0.2) is 107 Å². The number of pyridine rings is 1. The van der Waals surface area contributed by atoms with Crippen LogP contribution in [-0.4, -0.2) is 59.4 Å². The zero-order valence-corrected chi connectivity index (χ0v) is 28.1. The van der Waals surface area contributed by atoms with Gasteiger partial charge in [-0.1, -0.05) is 60.7 Å². The number of carbonyl (C=O) groups is 1. The van der Waals surface area contributed by atoms with E-state index in [1.807, 2.05) is 0 Å². The molecule has 278 valence electrons. The molecule has 2 heterocycles. The Hall–Kier alpha value is -4.52. The van der Waals surface area contributed by atoms with Crippen molar-refractivity contribution in [1.29, 1.82) is 0 Å². The Balaban J connectivity index is 1.65. The van der Waals surface area contributed by atoms with Gasteiger partial charge in [0, 0.05) is 69.0 Å². The summed E-state index contributed by atoms with van der Waals surface area (Å²) in [6.07, 6.45) is -13.7. The number of alkyl halides is 3. The SMILES string of the molecule is [2H]C([2H])([2H])OC([2H])([2H])CN1C([2H])([2H])C([2H])([2H])C([2H])(N(C(=O)C([2H])([2H])n2c(SC([2H])([2H])c3cccc(F)c3F)cc(=O)c3ccccc32)C([2H])(C)c2ccc(-c3ccc(C(F)(F)F)cc3)cc2)C([2H])([2H])C1([2H])[2H]. The van der Waals surface area contributed by atoms with Crippen molar-refractivity contribution in [2.75, 3.05) is 33.1 Å². The van der Waals surface area contributed by atoms with E-state index >= 15 is 9.18 Å². The molecular formula is C41H40F5N3O3S. The van der Waals surface area contributed by atoms with E-state index in [4.69, 9.17) is 15.1 Å². The molecule has 1 saturated heterocycles. The highest BCUT2D eigenvalue weighted by Crippen LogP contribution is 2.34. The molecule has 0 N–H and O–H groups in total. The smallest absolute Gasteiger partial charge is 0.383 e. The van der Waals surface area contributed by atoms with Crippen molar-refractivity contribution in [3.8, 4) is 11.1 Å². The van der Waals surface area contributed by atoms with E-state index in [0.717, 1.165) is 72.8 Å². The third-order valence-corrected chi connectivity index (χ3v) is 8.67. The number of fused-ring (bicyclic) bond motifs is 1. The van der Waals surface area contributed by atoms with Crippen molar-refractivity contribution < 1.29 is 57.5 Å². The number of halogens is 5. The fourth-order valence-corrected chi connectivity index (χ4v) is 5.94. The van der Waals surface area contributed by atoms with Gasteiger partial charge in [-0.3, -0.25) is 9.59 Å². The number of thioether (sulfide) groups is 1. The predicted octanol–water partition coefficient (Wildman–Crippen LogP) is 8.96. The van der Waals surface area contributed by atoms with E-state index in [2.05, 4.69) is 4.74 Å².